The van der Waals surface area contributed by atoms with Crippen molar-refractivity contribution >= 4 is 24.0 Å². The number of carbonyl (C=O) groups excluding carboxylic acids is 1. The molecule has 0 aliphatic rings. The van der Waals surface area contributed by atoms with Gasteiger partial charge in [0.25, 0.3) is 0 Å². The first-order valence-corrected chi connectivity index (χ1v) is 8.47. The topological polar surface area (TPSA) is 64.4 Å². The second kappa shape index (κ2) is 12.3. The lowest BCUT2D eigenvalue weighted by Crippen LogP contribution is -2.26. The zero-order chi connectivity index (χ0) is 17.0. The zero-order valence-corrected chi connectivity index (χ0v) is 15.3. The van der Waals surface area contributed by atoms with Gasteiger partial charge in [-0.25, -0.2) is 0 Å². The minimum Gasteiger partial charge on any atom is -0.399 e. The molecule has 0 aromatic heterocycles. The molecule has 2 aromatic carbocycles. The van der Waals surface area contributed by atoms with Crippen molar-refractivity contribution in [2.75, 3.05) is 25.5 Å². The molecule has 0 atom stereocenters. The number of halogens is 1. The van der Waals surface area contributed by atoms with E-state index in [0.717, 1.165) is 38.0 Å². The Balaban J connectivity index is 0.00000312. The number of hydrogen-bond acceptors (Lipinski definition) is 3. The number of ether oxygens (including phenoxy) is 1. The number of hydrogen-bond donors (Lipinski definition) is 2. The highest BCUT2D eigenvalue weighted by atomic mass is 35.5. The molecule has 1 amide bonds. The van der Waals surface area contributed by atoms with Crippen LogP contribution in [0.5, 0.6) is 0 Å². The van der Waals surface area contributed by atoms with Crippen LogP contribution in [-0.2, 0) is 22.4 Å². The van der Waals surface area contributed by atoms with E-state index in [0.29, 0.717) is 18.7 Å². The predicted molar refractivity (Wildman–Crippen MR) is 105 cm³/mol. The van der Waals surface area contributed by atoms with Gasteiger partial charge in [-0.15, -0.1) is 12.4 Å². The second-order valence-corrected chi connectivity index (χ2v) is 5.82. The van der Waals surface area contributed by atoms with Crippen LogP contribution >= 0.6 is 12.4 Å². The molecule has 0 saturated carbocycles. The molecule has 3 N–H and O–H groups in total. The molecule has 0 heterocycles. The van der Waals surface area contributed by atoms with Crippen LogP contribution in [0.3, 0.4) is 0 Å². The fraction of sp³-hybridized carbons (Fsp3) is 0.350. The van der Waals surface area contributed by atoms with Gasteiger partial charge in [-0.3, -0.25) is 4.79 Å². The Morgan fingerprint density at radius 1 is 0.920 bits per heavy atom. The van der Waals surface area contributed by atoms with Crippen molar-refractivity contribution in [1.82, 2.24) is 5.32 Å². The van der Waals surface area contributed by atoms with Gasteiger partial charge in [0, 0.05) is 18.8 Å². The molecule has 25 heavy (non-hydrogen) atoms. The second-order valence-electron chi connectivity index (χ2n) is 5.82. The number of nitrogen functional groups attached to an aromatic ring is 1. The van der Waals surface area contributed by atoms with Gasteiger partial charge in [0.05, 0.1) is 13.0 Å². The van der Waals surface area contributed by atoms with Crippen molar-refractivity contribution in [3.8, 4) is 0 Å². The predicted octanol–water partition coefficient (Wildman–Crippen LogP) is 3.39. The molecule has 2 rings (SSSR count). The zero-order valence-electron chi connectivity index (χ0n) is 14.4. The number of carbonyl (C=O) groups is 1. The van der Waals surface area contributed by atoms with Crippen molar-refractivity contribution in [3.05, 3.63) is 65.7 Å². The smallest absolute Gasteiger partial charge is 0.224 e. The average Bonchev–Trinajstić information content (AvgIpc) is 2.60. The van der Waals surface area contributed by atoms with Crippen molar-refractivity contribution in [2.24, 2.45) is 0 Å². The maximum Gasteiger partial charge on any atom is 0.224 e. The summed E-state index contributed by atoms with van der Waals surface area (Å²) in [5.41, 5.74) is 8.62. The molecule has 136 valence electrons. The number of nitrogens with two attached hydrogens (primary N) is 1. The molecule has 0 spiro atoms. The third-order valence-electron chi connectivity index (χ3n) is 3.76. The summed E-state index contributed by atoms with van der Waals surface area (Å²) in [5, 5.41) is 2.94. The van der Waals surface area contributed by atoms with Crippen LogP contribution in [0.1, 0.15) is 24.0 Å². The quantitative estimate of drug-likeness (QED) is 0.503. The van der Waals surface area contributed by atoms with Crippen LogP contribution in [0.4, 0.5) is 5.69 Å². The first-order valence-electron chi connectivity index (χ1n) is 8.47. The highest BCUT2D eigenvalue weighted by Gasteiger charge is 2.02. The Kier molecular flexibility index (Phi) is 10.4. The van der Waals surface area contributed by atoms with Crippen LogP contribution < -0.4 is 11.1 Å². The van der Waals surface area contributed by atoms with Gasteiger partial charge in [0.2, 0.25) is 5.91 Å². The highest BCUT2D eigenvalue weighted by molar-refractivity contribution is 5.85. The van der Waals surface area contributed by atoms with E-state index in [1.807, 2.05) is 42.5 Å². The van der Waals surface area contributed by atoms with Gasteiger partial charge < -0.3 is 15.8 Å². The lowest BCUT2D eigenvalue weighted by Gasteiger charge is -2.07. The van der Waals surface area contributed by atoms with Crippen LogP contribution in [-0.4, -0.2) is 25.7 Å². The number of amides is 1. The summed E-state index contributed by atoms with van der Waals surface area (Å²) in [4.78, 5) is 11.8. The fourth-order valence-corrected chi connectivity index (χ4v) is 2.38. The Morgan fingerprint density at radius 2 is 1.64 bits per heavy atom. The van der Waals surface area contributed by atoms with Gasteiger partial charge in [-0.1, -0.05) is 42.5 Å². The summed E-state index contributed by atoms with van der Waals surface area (Å²) in [6.45, 7) is 2.17. The Morgan fingerprint density at radius 3 is 2.36 bits per heavy atom. The Bertz CT molecular complexity index is 603. The SMILES string of the molecule is Cl.Nc1ccc(CC(=O)NCCCCOCCc2ccccc2)cc1. The molecule has 0 fully saturated rings. The summed E-state index contributed by atoms with van der Waals surface area (Å²) in [7, 11) is 0. The number of benzene rings is 2. The van der Waals surface area contributed by atoms with Crippen LogP contribution in [0.15, 0.2) is 54.6 Å². The molecular formula is C20H27ClN2O2. The number of unbranched alkanes of at least 4 members (excludes halogenated alkanes) is 1. The summed E-state index contributed by atoms with van der Waals surface area (Å²) < 4.78 is 5.63. The summed E-state index contributed by atoms with van der Waals surface area (Å²) in [6.07, 6.45) is 3.22. The third-order valence-corrected chi connectivity index (χ3v) is 3.76. The molecule has 5 heteroatoms. The van der Waals surface area contributed by atoms with E-state index in [1.165, 1.54) is 5.56 Å². The highest BCUT2D eigenvalue weighted by Crippen LogP contribution is 2.06. The van der Waals surface area contributed by atoms with Crippen LogP contribution in [0.25, 0.3) is 0 Å². The summed E-state index contributed by atoms with van der Waals surface area (Å²) in [5.74, 6) is 0.0461. The molecule has 0 radical (unpaired) electrons. The third kappa shape index (κ3) is 9.13. The van der Waals surface area contributed by atoms with Gasteiger partial charge in [-0.05, 0) is 42.5 Å². The van der Waals surface area contributed by atoms with E-state index < -0.39 is 0 Å². The van der Waals surface area contributed by atoms with E-state index in [2.05, 4.69) is 17.4 Å². The normalized spacial score (nSPS) is 10.1. The van der Waals surface area contributed by atoms with E-state index in [1.54, 1.807) is 0 Å². The lowest BCUT2D eigenvalue weighted by atomic mass is 10.1. The van der Waals surface area contributed by atoms with Gasteiger partial charge in [0.15, 0.2) is 0 Å². The molecule has 4 nitrogen and oxygen atoms in total. The first-order chi connectivity index (χ1) is 11.7. The maximum atomic E-state index is 11.8. The minimum atomic E-state index is 0. The Labute approximate surface area is 156 Å². The molecule has 2 aromatic rings. The number of anilines is 1. The van der Waals surface area contributed by atoms with E-state index in [-0.39, 0.29) is 18.3 Å². The number of rotatable bonds is 10. The molecule has 0 bridgehead atoms. The van der Waals surface area contributed by atoms with Crippen LogP contribution in [0, 0.1) is 0 Å². The molecule has 0 aliphatic heterocycles. The van der Waals surface area contributed by atoms with Crippen molar-refractivity contribution in [2.45, 2.75) is 25.7 Å². The van der Waals surface area contributed by atoms with Crippen LogP contribution in [0.2, 0.25) is 0 Å². The maximum absolute atomic E-state index is 11.8. The monoisotopic (exact) mass is 362 g/mol. The van der Waals surface area contributed by atoms with Gasteiger partial charge in [0.1, 0.15) is 0 Å². The lowest BCUT2D eigenvalue weighted by molar-refractivity contribution is -0.120. The van der Waals surface area contributed by atoms with Gasteiger partial charge >= 0.3 is 0 Å². The molecule has 0 unspecified atom stereocenters. The first kappa shape index (κ1) is 21.0. The molecule has 0 saturated heterocycles. The summed E-state index contributed by atoms with van der Waals surface area (Å²) in [6, 6.07) is 17.7. The van der Waals surface area contributed by atoms with Gasteiger partial charge in [-0.2, -0.15) is 0 Å². The Hall–Kier alpha value is -2.04. The molecular weight excluding hydrogens is 336 g/mol. The number of nitrogens with one attached hydrogen (secondary N) is 1. The standard InChI is InChI=1S/C20H26N2O2.ClH/c21-19-10-8-18(9-11-19)16-20(23)22-13-4-5-14-24-15-12-17-6-2-1-3-7-17;/h1-3,6-11H,4-5,12-16,21H2,(H,22,23);1H. The largest absolute Gasteiger partial charge is 0.399 e. The minimum absolute atomic E-state index is 0. The molecule has 0 aliphatic carbocycles. The van der Waals surface area contributed by atoms with Crippen molar-refractivity contribution < 1.29 is 9.53 Å². The average molecular weight is 363 g/mol. The van der Waals surface area contributed by atoms with Crippen molar-refractivity contribution in [3.63, 3.8) is 0 Å². The van der Waals surface area contributed by atoms with E-state index in [9.17, 15) is 4.79 Å². The van der Waals surface area contributed by atoms with E-state index >= 15 is 0 Å². The fourth-order valence-electron chi connectivity index (χ4n) is 2.38. The van der Waals surface area contributed by atoms with Crippen molar-refractivity contribution in [1.29, 1.82) is 0 Å². The van der Waals surface area contributed by atoms with E-state index in [4.69, 9.17) is 10.5 Å². The summed E-state index contributed by atoms with van der Waals surface area (Å²) >= 11 is 0.